The summed E-state index contributed by atoms with van der Waals surface area (Å²) in [5, 5.41) is 9.43. The van der Waals surface area contributed by atoms with E-state index in [2.05, 4.69) is 6.58 Å². The van der Waals surface area contributed by atoms with Crippen LogP contribution in [0.5, 0.6) is 11.5 Å². The molecule has 1 aliphatic heterocycles. The monoisotopic (exact) mass is 174 g/mol. The molecule has 0 bridgehead atoms. The molecule has 0 amide bonds. The zero-order valence-electron chi connectivity index (χ0n) is 7.37. The average molecular weight is 174 g/mol. The second-order valence-electron chi connectivity index (χ2n) is 3.02. The van der Waals surface area contributed by atoms with Gasteiger partial charge in [0.15, 0.2) is 0 Å². The van der Waals surface area contributed by atoms with Crippen LogP contribution in [-0.2, 0) is 0 Å². The summed E-state index contributed by atoms with van der Waals surface area (Å²) in [4.78, 5) is 0. The summed E-state index contributed by atoms with van der Waals surface area (Å²) < 4.78 is 5.38. The maximum atomic E-state index is 9.43. The molecule has 0 aromatic heterocycles. The summed E-state index contributed by atoms with van der Waals surface area (Å²) in [6.45, 7) is 5.55. The van der Waals surface area contributed by atoms with Gasteiger partial charge in [-0.05, 0) is 31.2 Å². The normalized spacial score (nSPS) is 13.8. The van der Waals surface area contributed by atoms with E-state index in [4.69, 9.17) is 4.74 Å². The molecule has 1 aliphatic rings. The van der Waals surface area contributed by atoms with Crippen LogP contribution in [0.4, 0.5) is 0 Å². The second-order valence-corrected chi connectivity index (χ2v) is 3.02. The van der Waals surface area contributed by atoms with Gasteiger partial charge in [0.05, 0.1) is 0 Å². The molecule has 1 aromatic rings. The van der Waals surface area contributed by atoms with Crippen molar-refractivity contribution in [3.8, 4) is 11.5 Å². The van der Waals surface area contributed by atoms with Crippen LogP contribution in [0.1, 0.15) is 11.1 Å². The Bertz CT molecular complexity index is 403. The van der Waals surface area contributed by atoms with Crippen LogP contribution in [0.2, 0.25) is 0 Å². The van der Waals surface area contributed by atoms with Gasteiger partial charge in [-0.2, -0.15) is 0 Å². The molecule has 0 fully saturated rings. The number of aromatic hydroxyl groups is 1. The summed E-state index contributed by atoms with van der Waals surface area (Å²) in [7, 11) is 0. The molecule has 1 aromatic carbocycles. The lowest BCUT2D eigenvalue weighted by atomic mass is 10.0. The maximum Gasteiger partial charge on any atom is 0.135 e. The predicted octanol–water partition coefficient (Wildman–Crippen LogP) is 2.62. The lowest BCUT2D eigenvalue weighted by Gasteiger charge is -2.15. The molecule has 1 heterocycles. The van der Waals surface area contributed by atoms with Crippen molar-refractivity contribution >= 4 is 6.08 Å². The zero-order valence-corrected chi connectivity index (χ0v) is 7.37. The van der Waals surface area contributed by atoms with Crippen molar-refractivity contribution in [1.82, 2.24) is 0 Å². The van der Waals surface area contributed by atoms with Gasteiger partial charge in [-0.1, -0.05) is 6.58 Å². The zero-order chi connectivity index (χ0) is 9.42. The smallest absolute Gasteiger partial charge is 0.135 e. The highest BCUT2D eigenvalue weighted by molar-refractivity contribution is 5.67. The van der Waals surface area contributed by atoms with Gasteiger partial charge in [-0.15, -0.1) is 0 Å². The molecule has 66 valence electrons. The lowest BCUT2D eigenvalue weighted by molar-refractivity contribution is 0.435. The topological polar surface area (TPSA) is 29.5 Å². The Balaban J connectivity index is 2.63. The van der Waals surface area contributed by atoms with Crippen molar-refractivity contribution in [2.45, 2.75) is 6.92 Å². The number of hydrogen-bond acceptors (Lipinski definition) is 2. The molecule has 2 heteroatoms. The molecule has 0 aliphatic carbocycles. The molecule has 0 atom stereocenters. The van der Waals surface area contributed by atoms with Crippen LogP contribution in [0.3, 0.4) is 0 Å². The van der Waals surface area contributed by atoms with Crippen LogP contribution >= 0.6 is 0 Å². The van der Waals surface area contributed by atoms with Gasteiger partial charge in [-0.3, -0.25) is 0 Å². The number of ether oxygens (including phenoxy) is 1. The molecule has 2 nitrogen and oxygen atoms in total. The maximum absolute atomic E-state index is 9.43. The summed E-state index contributed by atoms with van der Waals surface area (Å²) >= 11 is 0. The fourth-order valence-corrected chi connectivity index (χ4v) is 1.34. The third-order valence-electron chi connectivity index (χ3n) is 2.12. The van der Waals surface area contributed by atoms with Gasteiger partial charge in [-0.25, -0.2) is 0 Å². The summed E-state index contributed by atoms with van der Waals surface area (Å²) in [6, 6.07) is 3.37. The number of hydrogen-bond donors (Lipinski definition) is 1. The Labute approximate surface area is 76.8 Å². The van der Waals surface area contributed by atoms with Crippen molar-refractivity contribution in [3.63, 3.8) is 0 Å². The van der Waals surface area contributed by atoms with Gasteiger partial charge in [0, 0.05) is 11.1 Å². The highest BCUT2D eigenvalue weighted by Gasteiger charge is 2.12. The third kappa shape index (κ3) is 1.20. The van der Waals surface area contributed by atoms with Crippen molar-refractivity contribution in [2.75, 3.05) is 0 Å². The third-order valence-corrected chi connectivity index (χ3v) is 2.12. The van der Waals surface area contributed by atoms with E-state index < -0.39 is 0 Å². The van der Waals surface area contributed by atoms with E-state index in [0.29, 0.717) is 11.5 Å². The molecule has 0 saturated carbocycles. The van der Waals surface area contributed by atoms with Gasteiger partial charge in [0.1, 0.15) is 17.3 Å². The van der Waals surface area contributed by atoms with Crippen LogP contribution in [0.25, 0.3) is 6.08 Å². The van der Waals surface area contributed by atoms with E-state index in [1.165, 1.54) is 0 Å². The molecule has 0 radical (unpaired) electrons. The van der Waals surface area contributed by atoms with Crippen LogP contribution in [0, 0.1) is 6.92 Å². The molecule has 2 rings (SSSR count). The Morgan fingerprint density at radius 3 is 2.85 bits per heavy atom. The van der Waals surface area contributed by atoms with Crippen LogP contribution in [0.15, 0.2) is 30.5 Å². The Morgan fingerprint density at radius 1 is 1.31 bits per heavy atom. The van der Waals surface area contributed by atoms with E-state index in [0.717, 1.165) is 16.9 Å². The van der Waals surface area contributed by atoms with E-state index in [1.54, 1.807) is 18.2 Å². The first-order chi connectivity index (χ1) is 6.18. The Hall–Kier alpha value is -1.70. The number of benzene rings is 1. The fourth-order valence-electron chi connectivity index (χ4n) is 1.34. The molecule has 13 heavy (non-hydrogen) atoms. The predicted molar refractivity (Wildman–Crippen MR) is 51.6 cm³/mol. The summed E-state index contributed by atoms with van der Waals surface area (Å²) in [5.74, 6) is 1.67. The van der Waals surface area contributed by atoms with Crippen molar-refractivity contribution < 1.29 is 9.84 Å². The fraction of sp³-hybridized carbons (Fsp3) is 0.0909. The largest absolute Gasteiger partial charge is 0.508 e. The number of rotatable bonds is 0. The highest BCUT2D eigenvalue weighted by atomic mass is 16.5. The first-order valence-corrected chi connectivity index (χ1v) is 4.06. The van der Waals surface area contributed by atoms with E-state index in [1.807, 2.05) is 13.0 Å². The van der Waals surface area contributed by atoms with Crippen LogP contribution in [-0.4, -0.2) is 5.11 Å². The average Bonchev–Trinajstić information content (AvgIpc) is 2.12. The SMILES string of the molecule is C=C1C=Cc2c(ccc(O)c2C)O1. The molecular weight excluding hydrogens is 164 g/mol. The highest BCUT2D eigenvalue weighted by Crippen LogP contribution is 2.33. The molecule has 0 unspecified atom stereocenters. The van der Waals surface area contributed by atoms with E-state index in [9.17, 15) is 5.11 Å². The molecular formula is C11H10O2. The van der Waals surface area contributed by atoms with Gasteiger partial charge in [0.25, 0.3) is 0 Å². The van der Waals surface area contributed by atoms with E-state index >= 15 is 0 Å². The standard InChI is InChI=1S/C11H10O2/c1-7-3-4-9-8(2)10(12)5-6-11(9)13-7/h3-6,12H,1H2,2H3. The lowest BCUT2D eigenvalue weighted by Crippen LogP contribution is -1.98. The van der Waals surface area contributed by atoms with Gasteiger partial charge in [0.2, 0.25) is 0 Å². The minimum Gasteiger partial charge on any atom is -0.508 e. The first-order valence-electron chi connectivity index (χ1n) is 4.06. The summed E-state index contributed by atoms with van der Waals surface area (Å²) in [6.07, 6.45) is 3.69. The van der Waals surface area contributed by atoms with Crippen LogP contribution < -0.4 is 4.74 Å². The van der Waals surface area contributed by atoms with Gasteiger partial charge < -0.3 is 9.84 Å². The molecule has 0 saturated heterocycles. The quantitative estimate of drug-likeness (QED) is 0.655. The molecule has 1 N–H and O–H groups in total. The Kier molecular flexibility index (Phi) is 1.62. The number of allylic oxidation sites excluding steroid dienone is 1. The number of fused-ring (bicyclic) bond motifs is 1. The summed E-state index contributed by atoms with van der Waals surface area (Å²) in [5.41, 5.74) is 1.76. The van der Waals surface area contributed by atoms with Crippen molar-refractivity contribution in [2.24, 2.45) is 0 Å². The number of phenols is 1. The van der Waals surface area contributed by atoms with E-state index in [-0.39, 0.29) is 0 Å². The Morgan fingerprint density at radius 2 is 2.08 bits per heavy atom. The first kappa shape index (κ1) is 7.92. The van der Waals surface area contributed by atoms with Gasteiger partial charge >= 0.3 is 0 Å². The minimum atomic E-state index is 0.291. The minimum absolute atomic E-state index is 0.291. The van der Waals surface area contributed by atoms with Crippen molar-refractivity contribution in [3.05, 3.63) is 41.7 Å². The second kappa shape index (κ2) is 2.66. The molecule has 0 spiro atoms. The van der Waals surface area contributed by atoms with Crippen molar-refractivity contribution in [1.29, 1.82) is 0 Å². The number of phenolic OH excluding ortho intramolecular Hbond substituents is 1.